The van der Waals surface area contributed by atoms with Crippen LogP contribution in [0.25, 0.3) is 0 Å². The predicted octanol–water partition coefficient (Wildman–Crippen LogP) is 4.17. The third kappa shape index (κ3) is 4.38. The maximum atomic E-state index is 10.9. The van der Waals surface area contributed by atoms with Crippen LogP contribution in [0.5, 0.6) is 0 Å². The van der Waals surface area contributed by atoms with E-state index in [1.165, 1.54) is 12.1 Å². The SMILES string of the molecule is CCCCC(C)N=Nc1ccc([N+](=O)[O-])cc1[N+](=O)[O-]. The summed E-state index contributed by atoms with van der Waals surface area (Å²) in [5, 5.41) is 29.3. The van der Waals surface area contributed by atoms with Gasteiger partial charge in [0.2, 0.25) is 0 Å². The molecule has 0 aromatic heterocycles. The minimum atomic E-state index is -0.696. The number of rotatable bonds is 7. The first-order valence-corrected chi connectivity index (χ1v) is 6.29. The van der Waals surface area contributed by atoms with Gasteiger partial charge in [0.25, 0.3) is 5.69 Å². The minimum Gasteiger partial charge on any atom is -0.258 e. The van der Waals surface area contributed by atoms with Crippen LogP contribution >= 0.6 is 0 Å². The predicted molar refractivity (Wildman–Crippen MR) is 73.3 cm³/mol. The molecule has 0 bridgehead atoms. The zero-order chi connectivity index (χ0) is 15.1. The molecule has 1 atom stereocenters. The van der Waals surface area contributed by atoms with Crippen LogP contribution in [0.15, 0.2) is 28.4 Å². The van der Waals surface area contributed by atoms with Crippen LogP contribution < -0.4 is 0 Å². The Hall–Kier alpha value is -2.38. The van der Waals surface area contributed by atoms with E-state index in [0.717, 1.165) is 25.3 Å². The van der Waals surface area contributed by atoms with Crippen molar-refractivity contribution >= 4 is 17.1 Å². The quantitative estimate of drug-likeness (QED) is 0.424. The highest BCUT2D eigenvalue weighted by Gasteiger charge is 2.19. The molecule has 1 aromatic rings. The van der Waals surface area contributed by atoms with E-state index < -0.39 is 15.5 Å². The Morgan fingerprint density at radius 1 is 1.25 bits per heavy atom. The molecular weight excluding hydrogens is 264 g/mol. The van der Waals surface area contributed by atoms with Crippen molar-refractivity contribution < 1.29 is 9.85 Å². The van der Waals surface area contributed by atoms with E-state index in [4.69, 9.17) is 0 Å². The van der Waals surface area contributed by atoms with Crippen molar-refractivity contribution in [1.29, 1.82) is 0 Å². The Balaban J connectivity index is 2.97. The highest BCUT2D eigenvalue weighted by Crippen LogP contribution is 2.31. The van der Waals surface area contributed by atoms with Crippen molar-refractivity contribution in [2.45, 2.75) is 39.2 Å². The summed E-state index contributed by atoms with van der Waals surface area (Å²) in [5.74, 6) is 0. The van der Waals surface area contributed by atoms with Crippen LogP contribution in [-0.4, -0.2) is 15.9 Å². The summed E-state index contributed by atoms with van der Waals surface area (Å²) in [5.41, 5.74) is -0.718. The molecule has 0 aliphatic rings. The lowest BCUT2D eigenvalue weighted by molar-refractivity contribution is -0.393. The molecule has 1 aromatic carbocycles. The van der Waals surface area contributed by atoms with E-state index in [9.17, 15) is 20.2 Å². The summed E-state index contributed by atoms with van der Waals surface area (Å²) in [6, 6.07) is 3.28. The lowest BCUT2D eigenvalue weighted by Gasteiger charge is -2.02. The van der Waals surface area contributed by atoms with Crippen LogP contribution in [0.2, 0.25) is 0 Å². The van der Waals surface area contributed by atoms with Gasteiger partial charge in [0.15, 0.2) is 5.69 Å². The van der Waals surface area contributed by atoms with E-state index >= 15 is 0 Å². The molecular formula is C12H16N4O4. The Kier molecular flexibility index (Phi) is 5.70. The molecule has 8 nitrogen and oxygen atoms in total. The van der Waals surface area contributed by atoms with E-state index in [1.54, 1.807) is 0 Å². The summed E-state index contributed by atoms with van der Waals surface area (Å²) in [6.45, 7) is 3.93. The molecule has 108 valence electrons. The van der Waals surface area contributed by atoms with Gasteiger partial charge >= 0.3 is 5.69 Å². The molecule has 0 fully saturated rings. The summed E-state index contributed by atoms with van der Waals surface area (Å²) < 4.78 is 0. The number of non-ortho nitro benzene ring substituents is 1. The number of nitro groups is 2. The van der Waals surface area contributed by atoms with Gasteiger partial charge in [0.05, 0.1) is 22.0 Å². The van der Waals surface area contributed by atoms with E-state index in [1.807, 2.05) is 6.92 Å². The fourth-order valence-electron chi connectivity index (χ4n) is 1.57. The first kappa shape index (κ1) is 15.7. The molecule has 0 heterocycles. The van der Waals surface area contributed by atoms with E-state index in [0.29, 0.717) is 0 Å². The molecule has 20 heavy (non-hydrogen) atoms. The van der Waals surface area contributed by atoms with Gasteiger partial charge in [-0.25, -0.2) is 0 Å². The zero-order valence-corrected chi connectivity index (χ0v) is 11.4. The normalized spacial score (nSPS) is 12.5. The molecule has 0 aliphatic carbocycles. The van der Waals surface area contributed by atoms with Crippen molar-refractivity contribution in [2.24, 2.45) is 10.2 Å². The monoisotopic (exact) mass is 280 g/mol. The van der Waals surface area contributed by atoms with Gasteiger partial charge in [0, 0.05) is 6.07 Å². The third-order valence-corrected chi connectivity index (χ3v) is 2.70. The van der Waals surface area contributed by atoms with E-state index in [-0.39, 0.29) is 17.4 Å². The smallest absolute Gasteiger partial charge is 0.258 e. The first-order chi connectivity index (χ1) is 9.45. The molecule has 1 unspecified atom stereocenters. The van der Waals surface area contributed by atoms with Gasteiger partial charge in [-0.2, -0.15) is 5.11 Å². The second kappa shape index (κ2) is 7.27. The largest absolute Gasteiger partial charge is 0.303 e. The third-order valence-electron chi connectivity index (χ3n) is 2.70. The number of unbranched alkanes of at least 4 members (excludes halogenated alkanes) is 1. The van der Waals surface area contributed by atoms with Crippen LogP contribution in [0.1, 0.15) is 33.1 Å². The standard InChI is InChI=1S/C12H16N4O4/c1-3-4-5-9(2)13-14-11-7-6-10(15(17)18)8-12(11)16(19)20/h6-9H,3-5H2,1-2H3. The van der Waals surface area contributed by atoms with Crippen molar-refractivity contribution in [3.8, 4) is 0 Å². The lowest BCUT2D eigenvalue weighted by atomic mass is 10.2. The second-order valence-electron chi connectivity index (χ2n) is 4.39. The van der Waals surface area contributed by atoms with E-state index in [2.05, 4.69) is 17.2 Å². The molecule has 0 N–H and O–H groups in total. The molecule has 1 rings (SSSR count). The van der Waals surface area contributed by atoms with Gasteiger partial charge in [-0.15, -0.1) is 5.11 Å². The average molecular weight is 280 g/mol. The summed E-state index contributed by atoms with van der Waals surface area (Å²) in [4.78, 5) is 20.1. The lowest BCUT2D eigenvalue weighted by Crippen LogP contribution is -1.96. The van der Waals surface area contributed by atoms with Crippen LogP contribution in [0.4, 0.5) is 17.1 Å². The average Bonchev–Trinajstić information content (AvgIpc) is 2.42. The number of azo groups is 1. The number of hydrogen-bond acceptors (Lipinski definition) is 6. The van der Waals surface area contributed by atoms with Gasteiger partial charge in [0.1, 0.15) is 0 Å². The summed E-state index contributed by atoms with van der Waals surface area (Å²) >= 11 is 0. The highest BCUT2D eigenvalue weighted by molar-refractivity contribution is 5.61. The van der Waals surface area contributed by atoms with Gasteiger partial charge in [-0.1, -0.05) is 19.8 Å². The van der Waals surface area contributed by atoms with Crippen molar-refractivity contribution in [3.05, 3.63) is 38.4 Å². The Bertz CT molecular complexity index is 530. The van der Waals surface area contributed by atoms with Crippen LogP contribution in [0, 0.1) is 20.2 Å². The topological polar surface area (TPSA) is 111 Å². The van der Waals surface area contributed by atoms with Crippen molar-refractivity contribution in [3.63, 3.8) is 0 Å². The number of benzene rings is 1. The number of nitrogens with zero attached hydrogens (tertiary/aromatic N) is 4. The fraction of sp³-hybridized carbons (Fsp3) is 0.500. The van der Waals surface area contributed by atoms with Gasteiger partial charge in [-0.05, 0) is 19.4 Å². The van der Waals surface area contributed by atoms with Gasteiger partial charge < -0.3 is 0 Å². The molecule has 0 saturated heterocycles. The van der Waals surface area contributed by atoms with Crippen molar-refractivity contribution in [2.75, 3.05) is 0 Å². The number of nitro benzene ring substituents is 2. The van der Waals surface area contributed by atoms with Gasteiger partial charge in [-0.3, -0.25) is 20.2 Å². The summed E-state index contributed by atoms with van der Waals surface area (Å²) in [7, 11) is 0. The Morgan fingerprint density at radius 2 is 1.95 bits per heavy atom. The first-order valence-electron chi connectivity index (χ1n) is 6.29. The van der Waals surface area contributed by atoms with Crippen molar-refractivity contribution in [1.82, 2.24) is 0 Å². The molecule has 8 heteroatoms. The highest BCUT2D eigenvalue weighted by atomic mass is 16.6. The van der Waals surface area contributed by atoms with Crippen LogP contribution in [0.3, 0.4) is 0 Å². The Labute approximate surface area is 115 Å². The fourth-order valence-corrected chi connectivity index (χ4v) is 1.57. The second-order valence-corrected chi connectivity index (χ2v) is 4.39. The molecule has 0 spiro atoms. The maximum absolute atomic E-state index is 10.9. The minimum absolute atomic E-state index is 0.0314. The maximum Gasteiger partial charge on any atom is 0.303 e. The number of hydrogen-bond donors (Lipinski definition) is 0. The molecule has 0 saturated carbocycles. The zero-order valence-electron chi connectivity index (χ0n) is 11.4. The van der Waals surface area contributed by atoms with Crippen LogP contribution in [-0.2, 0) is 0 Å². The molecule has 0 aliphatic heterocycles. The summed E-state index contributed by atoms with van der Waals surface area (Å²) in [6.07, 6.45) is 2.89. The molecule has 0 amide bonds. The Morgan fingerprint density at radius 3 is 2.50 bits per heavy atom. The molecule has 0 radical (unpaired) electrons.